The fourth-order valence-electron chi connectivity index (χ4n) is 2.58. The molecule has 0 aromatic heterocycles. The van der Waals surface area contributed by atoms with Gasteiger partial charge in [0.1, 0.15) is 23.9 Å². The lowest BCUT2D eigenvalue weighted by Crippen LogP contribution is -2.40. The molecule has 0 saturated carbocycles. The fraction of sp³-hybridized carbons (Fsp3) is 0.333. The molecule has 1 N–H and O–H groups in total. The highest BCUT2D eigenvalue weighted by Gasteiger charge is 2.15. The first-order valence-electron chi connectivity index (χ1n) is 8.94. The molecule has 0 unspecified atom stereocenters. The molecular weight excluding hydrogens is 360 g/mol. The molecule has 150 valence electrons. The van der Waals surface area contributed by atoms with E-state index in [2.05, 4.69) is 5.32 Å². The molecule has 0 bridgehead atoms. The second-order valence-corrected chi connectivity index (χ2v) is 6.06. The van der Waals surface area contributed by atoms with Crippen molar-refractivity contribution in [1.82, 2.24) is 10.2 Å². The Balaban J connectivity index is 1.79. The zero-order chi connectivity index (χ0) is 20.4. The topological polar surface area (TPSA) is 77.1 Å². The number of amides is 2. The molecule has 2 amide bonds. The number of benzene rings is 2. The van der Waals surface area contributed by atoms with E-state index >= 15 is 0 Å². The van der Waals surface area contributed by atoms with E-state index in [0.29, 0.717) is 31.2 Å². The number of nitrogens with zero attached hydrogens (tertiary/aromatic N) is 1. The quantitative estimate of drug-likeness (QED) is 0.634. The third kappa shape index (κ3) is 6.50. The predicted octanol–water partition coefficient (Wildman–Crippen LogP) is 2.25. The molecule has 0 heterocycles. The zero-order valence-electron chi connectivity index (χ0n) is 16.4. The zero-order valence-corrected chi connectivity index (χ0v) is 16.4. The van der Waals surface area contributed by atoms with E-state index in [1.807, 2.05) is 24.3 Å². The van der Waals surface area contributed by atoms with Gasteiger partial charge in [0.15, 0.2) is 0 Å². The second-order valence-electron chi connectivity index (χ2n) is 6.06. The van der Waals surface area contributed by atoms with E-state index in [0.717, 1.165) is 11.3 Å². The van der Waals surface area contributed by atoms with Gasteiger partial charge in [-0.05, 0) is 30.3 Å². The average Bonchev–Trinajstić information content (AvgIpc) is 2.71. The minimum atomic E-state index is -0.247. The first kappa shape index (κ1) is 21.1. The van der Waals surface area contributed by atoms with Gasteiger partial charge < -0.3 is 24.4 Å². The molecule has 2 aromatic rings. The lowest BCUT2D eigenvalue weighted by Gasteiger charge is -2.21. The highest BCUT2D eigenvalue weighted by Crippen LogP contribution is 2.19. The molecule has 0 radical (unpaired) electrons. The van der Waals surface area contributed by atoms with Crippen LogP contribution in [-0.4, -0.2) is 50.6 Å². The third-order valence-corrected chi connectivity index (χ3v) is 4.09. The van der Waals surface area contributed by atoms with Crippen molar-refractivity contribution in [3.8, 4) is 17.2 Å². The van der Waals surface area contributed by atoms with Gasteiger partial charge in [-0.25, -0.2) is 0 Å². The normalized spacial score (nSPS) is 10.1. The van der Waals surface area contributed by atoms with Crippen molar-refractivity contribution in [3.63, 3.8) is 0 Å². The number of hydrogen-bond acceptors (Lipinski definition) is 5. The summed E-state index contributed by atoms with van der Waals surface area (Å²) in [6, 6.07) is 14.6. The molecule has 28 heavy (non-hydrogen) atoms. The van der Waals surface area contributed by atoms with E-state index in [-0.39, 0.29) is 18.4 Å². The monoisotopic (exact) mass is 386 g/mol. The van der Waals surface area contributed by atoms with Gasteiger partial charge in [-0.3, -0.25) is 9.59 Å². The van der Waals surface area contributed by atoms with Gasteiger partial charge >= 0.3 is 0 Å². The van der Waals surface area contributed by atoms with E-state index in [1.165, 1.54) is 11.8 Å². The lowest BCUT2D eigenvalue weighted by molar-refractivity contribution is -0.134. The number of methoxy groups -OCH3 is 2. The first-order valence-corrected chi connectivity index (χ1v) is 8.94. The molecule has 2 rings (SSSR count). The van der Waals surface area contributed by atoms with Crippen molar-refractivity contribution in [2.45, 2.75) is 13.5 Å². The van der Waals surface area contributed by atoms with Gasteiger partial charge in [0.05, 0.1) is 27.3 Å². The van der Waals surface area contributed by atoms with Crippen molar-refractivity contribution in [2.24, 2.45) is 0 Å². The molecule has 0 aliphatic carbocycles. The number of hydrogen-bond donors (Lipinski definition) is 1. The van der Waals surface area contributed by atoms with E-state index in [9.17, 15) is 9.59 Å². The van der Waals surface area contributed by atoms with Crippen LogP contribution in [0.3, 0.4) is 0 Å². The van der Waals surface area contributed by atoms with Crippen LogP contribution in [0.1, 0.15) is 12.5 Å². The summed E-state index contributed by atoms with van der Waals surface area (Å²) in [5.41, 5.74) is 0.843. The van der Waals surface area contributed by atoms with Crippen LogP contribution in [0.15, 0.2) is 48.5 Å². The summed E-state index contributed by atoms with van der Waals surface area (Å²) in [4.78, 5) is 25.6. The Labute approximate surface area is 165 Å². The number of rotatable bonds is 10. The van der Waals surface area contributed by atoms with Crippen LogP contribution in [0, 0.1) is 0 Å². The molecule has 0 aliphatic rings. The lowest BCUT2D eigenvalue weighted by atomic mass is 10.2. The Morgan fingerprint density at radius 3 is 2.29 bits per heavy atom. The van der Waals surface area contributed by atoms with Gasteiger partial charge in [-0.2, -0.15) is 0 Å². The van der Waals surface area contributed by atoms with Crippen LogP contribution in [0.2, 0.25) is 0 Å². The van der Waals surface area contributed by atoms with E-state index in [1.54, 1.807) is 38.5 Å². The highest BCUT2D eigenvalue weighted by molar-refractivity contribution is 5.83. The summed E-state index contributed by atoms with van der Waals surface area (Å²) in [6.07, 6.45) is 0. The molecule has 0 fully saturated rings. The Morgan fingerprint density at radius 1 is 0.964 bits per heavy atom. The maximum atomic E-state index is 12.2. The number of nitrogens with one attached hydrogen (secondary N) is 1. The fourth-order valence-corrected chi connectivity index (χ4v) is 2.58. The Hall–Kier alpha value is -3.22. The highest BCUT2D eigenvalue weighted by atomic mass is 16.5. The van der Waals surface area contributed by atoms with Crippen molar-refractivity contribution < 1.29 is 23.8 Å². The number of carbonyl (C=O) groups excluding carboxylic acids is 2. The van der Waals surface area contributed by atoms with E-state index in [4.69, 9.17) is 14.2 Å². The molecule has 2 aromatic carbocycles. The smallest absolute Gasteiger partial charge is 0.239 e. The molecule has 0 atom stereocenters. The van der Waals surface area contributed by atoms with Crippen molar-refractivity contribution >= 4 is 11.8 Å². The van der Waals surface area contributed by atoms with Crippen LogP contribution < -0.4 is 19.5 Å². The van der Waals surface area contributed by atoms with Crippen LogP contribution in [-0.2, 0) is 16.1 Å². The summed E-state index contributed by atoms with van der Waals surface area (Å²) in [5, 5.41) is 2.76. The molecule has 7 heteroatoms. The maximum Gasteiger partial charge on any atom is 0.239 e. The first-order chi connectivity index (χ1) is 13.5. The maximum absolute atomic E-state index is 12.2. The average molecular weight is 386 g/mol. The Morgan fingerprint density at radius 2 is 1.64 bits per heavy atom. The summed E-state index contributed by atoms with van der Waals surface area (Å²) >= 11 is 0. The Bertz CT molecular complexity index is 777. The number of ether oxygens (including phenoxy) is 3. The largest absolute Gasteiger partial charge is 0.497 e. The van der Waals surface area contributed by atoms with Crippen molar-refractivity contribution in [2.75, 3.05) is 33.9 Å². The number of para-hydroxylation sites is 1. The molecule has 0 aliphatic heterocycles. The summed E-state index contributed by atoms with van der Waals surface area (Å²) < 4.78 is 16.0. The SMILES string of the molecule is COc1ccc(OCCNC(=O)CN(Cc2ccccc2OC)C(C)=O)cc1. The van der Waals surface area contributed by atoms with Crippen molar-refractivity contribution in [1.29, 1.82) is 0 Å². The van der Waals surface area contributed by atoms with Gasteiger partial charge in [0, 0.05) is 19.0 Å². The predicted molar refractivity (Wildman–Crippen MR) is 106 cm³/mol. The minimum absolute atomic E-state index is 0.0318. The Kier molecular flexibility index (Phi) is 8.14. The molecule has 0 spiro atoms. The number of carbonyl (C=O) groups is 2. The third-order valence-electron chi connectivity index (χ3n) is 4.09. The molecule has 0 saturated heterocycles. The second kappa shape index (κ2) is 10.8. The van der Waals surface area contributed by atoms with Gasteiger partial charge in [-0.15, -0.1) is 0 Å². The van der Waals surface area contributed by atoms with Gasteiger partial charge in [-0.1, -0.05) is 18.2 Å². The molecule has 7 nitrogen and oxygen atoms in total. The van der Waals surface area contributed by atoms with Crippen LogP contribution in [0.5, 0.6) is 17.2 Å². The standard InChI is InChI=1S/C21H26N2O5/c1-16(24)23(14-17-6-4-5-7-20(17)27-3)15-21(25)22-12-13-28-19-10-8-18(26-2)9-11-19/h4-11H,12-15H2,1-3H3,(H,22,25). The van der Waals surface area contributed by atoms with Gasteiger partial charge in [0.2, 0.25) is 11.8 Å². The van der Waals surface area contributed by atoms with Crippen LogP contribution in [0.25, 0.3) is 0 Å². The molecular formula is C21H26N2O5. The van der Waals surface area contributed by atoms with Crippen LogP contribution in [0.4, 0.5) is 0 Å². The van der Waals surface area contributed by atoms with Gasteiger partial charge in [0.25, 0.3) is 0 Å². The minimum Gasteiger partial charge on any atom is -0.497 e. The summed E-state index contributed by atoms with van der Waals surface area (Å²) in [7, 11) is 3.18. The van der Waals surface area contributed by atoms with Crippen LogP contribution >= 0.6 is 0 Å². The van der Waals surface area contributed by atoms with Crippen molar-refractivity contribution in [3.05, 3.63) is 54.1 Å². The summed E-state index contributed by atoms with van der Waals surface area (Å²) in [6.45, 7) is 2.37. The summed E-state index contributed by atoms with van der Waals surface area (Å²) in [5.74, 6) is 1.69. The van der Waals surface area contributed by atoms with E-state index < -0.39 is 0 Å².